The van der Waals surface area contributed by atoms with E-state index in [1.54, 1.807) is 36.7 Å². The van der Waals surface area contributed by atoms with Gasteiger partial charge in [-0.15, -0.1) is 0 Å². The van der Waals surface area contributed by atoms with Gasteiger partial charge < -0.3 is 10.1 Å². The molecule has 1 unspecified atom stereocenters. The fourth-order valence-corrected chi connectivity index (χ4v) is 4.19. The number of hydrogen-bond donors (Lipinski definition) is 1. The average Bonchev–Trinajstić information content (AvgIpc) is 2.86. The minimum Gasteiger partial charge on any atom is -0.424 e. The van der Waals surface area contributed by atoms with E-state index < -0.39 is 0 Å². The lowest BCUT2D eigenvalue weighted by Gasteiger charge is -2.26. The molecule has 164 valence electrons. The summed E-state index contributed by atoms with van der Waals surface area (Å²) >= 11 is 0. The average molecular weight is 436 g/mol. The zero-order valence-corrected chi connectivity index (χ0v) is 18.5. The van der Waals surface area contributed by atoms with Gasteiger partial charge in [-0.2, -0.15) is 0 Å². The molecule has 1 aliphatic rings. The van der Waals surface area contributed by atoms with Crippen LogP contribution < -0.4 is 10.1 Å². The highest BCUT2D eigenvalue weighted by Crippen LogP contribution is 2.30. The van der Waals surface area contributed by atoms with Crippen molar-refractivity contribution in [3.05, 3.63) is 107 Å². The summed E-state index contributed by atoms with van der Waals surface area (Å²) < 4.78 is 5.77. The first-order chi connectivity index (χ1) is 16.2. The van der Waals surface area contributed by atoms with E-state index in [-0.39, 0.29) is 18.0 Å². The first-order valence-corrected chi connectivity index (χ1v) is 11.2. The number of aryl methyl sites for hydroxylation is 2. The number of nitrogens with zero attached hydrogens (tertiary/aromatic N) is 2. The van der Waals surface area contributed by atoms with Crippen LogP contribution in [0.3, 0.4) is 0 Å². The molecule has 1 aliphatic carbocycles. The molecule has 4 aromatic rings. The molecule has 1 N–H and O–H groups in total. The number of fused-ring (bicyclic) bond motifs is 1. The number of rotatable bonds is 5. The van der Waals surface area contributed by atoms with Crippen molar-refractivity contribution in [2.24, 2.45) is 0 Å². The molecule has 0 saturated carbocycles. The van der Waals surface area contributed by atoms with E-state index in [1.807, 2.05) is 18.2 Å². The zero-order valence-electron chi connectivity index (χ0n) is 18.5. The van der Waals surface area contributed by atoms with Crippen LogP contribution in [0.5, 0.6) is 11.8 Å². The van der Waals surface area contributed by atoms with Gasteiger partial charge in [-0.25, -0.2) is 9.97 Å². The van der Waals surface area contributed by atoms with Gasteiger partial charge in [0.25, 0.3) is 5.91 Å². The maximum Gasteiger partial charge on any atom is 0.321 e. The van der Waals surface area contributed by atoms with E-state index in [1.165, 1.54) is 16.7 Å². The number of ether oxygens (including phenoxy) is 1. The molecular formula is C28H25N3O2. The van der Waals surface area contributed by atoms with Crippen LogP contribution in [0.25, 0.3) is 11.1 Å². The maximum atomic E-state index is 12.8. The van der Waals surface area contributed by atoms with Gasteiger partial charge in [0.2, 0.25) is 0 Å². The van der Waals surface area contributed by atoms with Crippen LogP contribution in [-0.2, 0) is 6.42 Å². The number of hydrogen-bond acceptors (Lipinski definition) is 4. The van der Waals surface area contributed by atoms with Crippen molar-refractivity contribution < 1.29 is 9.53 Å². The van der Waals surface area contributed by atoms with E-state index in [2.05, 4.69) is 52.5 Å². The van der Waals surface area contributed by atoms with Crippen LogP contribution in [0.1, 0.15) is 45.9 Å². The zero-order chi connectivity index (χ0) is 22.6. The molecule has 5 rings (SSSR count). The molecule has 3 aromatic carbocycles. The molecule has 5 nitrogen and oxygen atoms in total. The summed E-state index contributed by atoms with van der Waals surface area (Å²) in [4.78, 5) is 21.4. The van der Waals surface area contributed by atoms with E-state index in [9.17, 15) is 4.79 Å². The molecule has 1 aromatic heterocycles. The Balaban J connectivity index is 1.23. The predicted molar refractivity (Wildman–Crippen MR) is 128 cm³/mol. The Kier molecular flexibility index (Phi) is 5.85. The van der Waals surface area contributed by atoms with Crippen molar-refractivity contribution in [3.63, 3.8) is 0 Å². The van der Waals surface area contributed by atoms with Gasteiger partial charge in [0.15, 0.2) is 0 Å². The van der Waals surface area contributed by atoms with Gasteiger partial charge >= 0.3 is 6.01 Å². The van der Waals surface area contributed by atoms with Crippen LogP contribution in [-0.4, -0.2) is 15.9 Å². The highest BCUT2D eigenvalue weighted by Gasteiger charge is 2.21. The van der Waals surface area contributed by atoms with Crippen LogP contribution >= 0.6 is 0 Å². The number of benzene rings is 3. The molecule has 0 saturated heterocycles. The van der Waals surface area contributed by atoms with E-state index in [0.29, 0.717) is 11.3 Å². The smallest absolute Gasteiger partial charge is 0.321 e. The summed E-state index contributed by atoms with van der Waals surface area (Å²) in [7, 11) is 0. The molecule has 5 heteroatoms. The Morgan fingerprint density at radius 1 is 0.909 bits per heavy atom. The molecule has 0 bridgehead atoms. The predicted octanol–water partition coefficient (Wildman–Crippen LogP) is 6.05. The lowest BCUT2D eigenvalue weighted by Crippen LogP contribution is -2.30. The normalized spacial score (nSPS) is 14.9. The van der Waals surface area contributed by atoms with Crippen LogP contribution in [0.15, 0.2) is 85.2 Å². The molecule has 0 fully saturated rings. The van der Waals surface area contributed by atoms with E-state index in [4.69, 9.17) is 4.74 Å². The van der Waals surface area contributed by atoms with Gasteiger partial charge in [-0.3, -0.25) is 4.79 Å². The van der Waals surface area contributed by atoms with Crippen molar-refractivity contribution in [3.8, 4) is 22.9 Å². The minimum absolute atomic E-state index is 0.0545. The summed E-state index contributed by atoms with van der Waals surface area (Å²) in [6.45, 7) is 2.06. The number of carbonyl (C=O) groups excluding carboxylic acids is 1. The molecular weight excluding hydrogens is 410 g/mol. The molecule has 1 atom stereocenters. The summed E-state index contributed by atoms with van der Waals surface area (Å²) in [6, 6.07) is 23.9. The third-order valence-corrected chi connectivity index (χ3v) is 6.01. The van der Waals surface area contributed by atoms with Gasteiger partial charge in [0, 0.05) is 23.5 Å². The highest BCUT2D eigenvalue weighted by atomic mass is 16.5. The van der Waals surface area contributed by atoms with Gasteiger partial charge in [-0.05, 0) is 67.1 Å². The van der Waals surface area contributed by atoms with Crippen LogP contribution in [0, 0.1) is 6.92 Å². The highest BCUT2D eigenvalue weighted by molar-refractivity contribution is 5.94. The standard InChI is InChI=1S/C28H25N3O2/c1-19-9-11-20(12-10-19)23-17-29-28(30-18-23)33-24-15-13-22(14-16-24)27(32)31-26-8-4-6-21-5-2-3-7-25(21)26/h2-3,5,7,9-18,26H,4,6,8H2,1H3,(H,31,32). The van der Waals surface area contributed by atoms with Crippen molar-refractivity contribution in [2.75, 3.05) is 0 Å². The van der Waals surface area contributed by atoms with E-state index in [0.717, 1.165) is 30.4 Å². The Hall–Kier alpha value is -3.99. The van der Waals surface area contributed by atoms with Crippen molar-refractivity contribution in [1.29, 1.82) is 0 Å². The first kappa shape index (κ1) is 20.9. The second-order valence-electron chi connectivity index (χ2n) is 8.36. The Morgan fingerprint density at radius 2 is 1.64 bits per heavy atom. The van der Waals surface area contributed by atoms with Crippen molar-refractivity contribution in [2.45, 2.75) is 32.2 Å². The van der Waals surface area contributed by atoms with Gasteiger partial charge in [-0.1, -0.05) is 54.1 Å². The van der Waals surface area contributed by atoms with Crippen molar-refractivity contribution >= 4 is 5.91 Å². The molecule has 1 amide bonds. The summed E-state index contributed by atoms with van der Waals surface area (Å²) in [5, 5.41) is 3.18. The number of aromatic nitrogens is 2. The SMILES string of the molecule is Cc1ccc(-c2cnc(Oc3ccc(C(=O)NC4CCCc5ccccc54)cc3)nc2)cc1. The van der Waals surface area contributed by atoms with Crippen LogP contribution in [0.2, 0.25) is 0 Å². The monoisotopic (exact) mass is 435 g/mol. The Bertz CT molecular complexity index is 1250. The Labute approximate surface area is 193 Å². The topological polar surface area (TPSA) is 64.1 Å². The largest absolute Gasteiger partial charge is 0.424 e. The summed E-state index contributed by atoms with van der Waals surface area (Å²) in [5.74, 6) is 0.500. The number of carbonyl (C=O) groups is 1. The van der Waals surface area contributed by atoms with Gasteiger partial charge in [0.05, 0.1) is 6.04 Å². The lowest BCUT2D eigenvalue weighted by atomic mass is 9.87. The van der Waals surface area contributed by atoms with E-state index >= 15 is 0 Å². The molecule has 0 aliphatic heterocycles. The summed E-state index contributed by atoms with van der Waals surface area (Å²) in [5.41, 5.74) is 6.34. The first-order valence-electron chi connectivity index (χ1n) is 11.2. The molecule has 33 heavy (non-hydrogen) atoms. The van der Waals surface area contributed by atoms with Crippen molar-refractivity contribution in [1.82, 2.24) is 15.3 Å². The molecule has 0 spiro atoms. The minimum atomic E-state index is -0.0815. The Morgan fingerprint density at radius 3 is 2.39 bits per heavy atom. The second kappa shape index (κ2) is 9.25. The summed E-state index contributed by atoms with van der Waals surface area (Å²) in [6.07, 6.45) is 6.60. The molecule has 1 heterocycles. The van der Waals surface area contributed by atoms with Crippen LogP contribution in [0.4, 0.5) is 0 Å². The second-order valence-corrected chi connectivity index (χ2v) is 8.36. The third-order valence-electron chi connectivity index (χ3n) is 6.01. The lowest BCUT2D eigenvalue weighted by molar-refractivity contribution is 0.0932. The fourth-order valence-electron chi connectivity index (χ4n) is 4.19. The quantitative estimate of drug-likeness (QED) is 0.414. The number of nitrogens with one attached hydrogen (secondary N) is 1. The maximum absolute atomic E-state index is 12.8. The van der Waals surface area contributed by atoms with Gasteiger partial charge in [0.1, 0.15) is 5.75 Å². The molecule has 0 radical (unpaired) electrons. The number of amides is 1. The fraction of sp³-hybridized carbons (Fsp3) is 0.179. The third kappa shape index (κ3) is 4.77.